The summed E-state index contributed by atoms with van der Waals surface area (Å²) in [6, 6.07) is 1.63. The minimum atomic E-state index is -0.522. The van der Waals surface area contributed by atoms with Gasteiger partial charge in [0.2, 0.25) is 0 Å². The molecule has 0 aromatic carbocycles. The van der Waals surface area contributed by atoms with Crippen LogP contribution in [-0.4, -0.2) is 18.0 Å². The van der Waals surface area contributed by atoms with Gasteiger partial charge in [-0.25, -0.2) is 0 Å². The number of rotatable bonds is 2. The summed E-state index contributed by atoms with van der Waals surface area (Å²) in [6.07, 6.45) is 7.91. The lowest BCUT2D eigenvalue weighted by atomic mass is 10.4. The number of pyridine rings is 1. The number of carbonyl (C=O) groups excluding carboxylic acids is 1. The van der Waals surface area contributed by atoms with Crippen molar-refractivity contribution in [2.45, 2.75) is 0 Å². The second-order valence-corrected chi connectivity index (χ2v) is 2.17. The molecule has 13 heavy (non-hydrogen) atoms. The van der Waals surface area contributed by atoms with Crippen molar-refractivity contribution >= 4 is 11.6 Å². The van der Waals surface area contributed by atoms with Crippen LogP contribution in [0.2, 0.25) is 0 Å². The number of amides is 1. The van der Waals surface area contributed by atoms with Crippen molar-refractivity contribution in [1.29, 1.82) is 0 Å². The zero-order valence-corrected chi connectivity index (χ0v) is 7.07. The molecule has 0 unspecified atom stereocenters. The van der Waals surface area contributed by atoms with E-state index in [1.165, 1.54) is 13.3 Å². The number of aromatic nitrogens is 1. The first-order chi connectivity index (χ1) is 6.27. The van der Waals surface area contributed by atoms with Gasteiger partial charge in [-0.05, 0) is 5.92 Å². The van der Waals surface area contributed by atoms with Crippen LogP contribution in [0.3, 0.4) is 0 Å². The van der Waals surface area contributed by atoms with Crippen LogP contribution in [-0.2, 0) is 4.79 Å². The molecule has 4 heteroatoms. The monoisotopic (exact) mass is 176 g/mol. The Morgan fingerprint density at radius 2 is 2.54 bits per heavy atom. The van der Waals surface area contributed by atoms with E-state index in [0.29, 0.717) is 11.4 Å². The van der Waals surface area contributed by atoms with Gasteiger partial charge >= 0.3 is 0 Å². The highest BCUT2D eigenvalue weighted by atomic mass is 16.5. The number of terminal acetylenes is 1. The molecule has 0 aliphatic carbocycles. The van der Waals surface area contributed by atoms with E-state index in [9.17, 15) is 4.79 Å². The summed E-state index contributed by atoms with van der Waals surface area (Å²) in [5.41, 5.74) is 0.466. The number of nitrogens with one attached hydrogen (secondary N) is 1. The summed E-state index contributed by atoms with van der Waals surface area (Å²) in [7, 11) is 1.50. The Morgan fingerprint density at radius 1 is 1.77 bits per heavy atom. The van der Waals surface area contributed by atoms with Gasteiger partial charge in [0.25, 0.3) is 5.91 Å². The molecule has 1 N–H and O–H groups in total. The standard InChI is InChI=1S/C9H8N2O2/c1-3-9(12)11-7-6-10-5-4-8(7)13-2/h1,4-6H,2H3,(H,11,12). The van der Waals surface area contributed by atoms with Gasteiger partial charge in [0.1, 0.15) is 11.4 Å². The first-order valence-corrected chi connectivity index (χ1v) is 3.53. The Morgan fingerprint density at radius 3 is 3.15 bits per heavy atom. The van der Waals surface area contributed by atoms with Crippen molar-refractivity contribution in [3.63, 3.8) is 0 Å². The summed E-state index contributed by atoms with van der Waals surface area (Å²) in [5, 5.41) is 2.45. The molecule has 0 aliphatic rings. The second kappa shape index (κ2) is 4.12. The van der Waals surface area contributed by atoms with Crippen molar-refractivity contribution in [1.82, 2.24) is 4.98 Å². The van der Waals surface area contributed by atoms with E-state index in [1.54, 1.807) is 12.3 Å². The molecule has 0 saturated carbocycles. The fourth-order valence-electron chi connectivity index (χ4n) is 0.812. The van der Waals surface area contributed by atoms with Crippen LogP contribution in [0.25, 0.3) is 0 Å². The zero-order chi connectivity index (χ0) is 9.68. The van der Waals surface area contributed by atoms with E-state index in [2.05, 4.69) is 10.3 Å². The van der Waals surface area contributed by atoms with E-state index < -0.39 is 5.91 Å². The van der Waals surface area contributed by atoms with Gasteiger partial charge in [0.05, 0.1) is 13.3 Å². The van der Waals surface area contributed by atoms with Crippen LogP contribution in [0.4, 0.5) is 5.69 Å². The molecule has 1 aromatic heterocycles. The van der Waals surface area contributed by atoms with Gasteiger partial charge in [-0.1, -0.05) is 0 Å². The molecule has 0 spiro atoms. The summed E-state index contributed by atoms with van der Waals surface area (Å²) in [6.45, 7) is 0. The summed E-state index contributed by atoms with van der Waals surface area (Å²) >= 11 is 0. The minimum absolute atomic E-state index is 0.466. The van der Waals surface area contributed by atoms with Crippen molar-refractivity contribution in [3.05, 3.63) is 18.5 Å². The Labute approximate surface area is 75.9 Å². The van der Waals surface area contributed by atoms with E-state index in [4.69, 9.17) is 11.2 Å². The van der Waals surface area contributed by atoms with E-state index >= 15 is 0 Å². The molecule has 1 aromatic rings. The summed E-state index contributed by atoms with van der Waals surface area (Å²) < 4.78 is 4.97. The van der Waals surface area contributed by atoms with E-state index in [1.807, 2.05) is 5.92 Å². The first kappa shape index (κ1) is 9.07. The fraction of sp³-hybridized carbons (Fsp3) is 0.111. The molecule has 0 saturated heterocycles. The van der Waals surface area contributed by atoms with Crippen LogP contribution in [0.5, 0.6) is 5.75 Å². The second-order valence-electron chi connectivity index (χ2n) is 2.17. The van der Waals surface area contributed by atoms with Crippen molar-refractivity contribution < 1.29 is 9.53 Å². The van der Waals surface area contributed by atoms with Gasteiger partial charge in [-0.3, -0.25) is 9.78 Å². The van der Waals surface area contributed by atoms with Crippen LogP contribution < -0.4 is 10.1 Å². The van der Waals surface area contributed by atoms with Crippen molar-refractivity contribution in [3.8, 4) is 18.1 Å². The average molecular weight is 176 g/mol. The molecule has 0 fully saturated rings. The molecule has 0 bridgehead atoms. The van der Waals surface area contributed by atoms with Gasteiger partial charge < -0.3 is 10.1 Å². The normalized spacial score (nSPS) is 8.62. The Hall–Kier alpha value is -2.02. The minimum Gasteiger partial charge on any atom is -0.494 e. The third-order valence-electron chi connectivity index (χ3n) is 1.38. The highest BCUT2D eigenvalue weighted by Gasteiger charge is 2.03. The van der Waals surface area contributed by atoms with E-state index in [0.717, 1.165) is 0 Å². The highest BCUT2D eigenvalue weighted by Crippen LogP contribution is 2.21. The lowest BCUT2D eigenvalue weighted by molar-refractivity contribution is -0.111. The third-order valence-corrected chi connectivity index (χ3v) is 1.38. The molecule has 4 nitrogen and oxygen atoms in total. The maximum absolute atomic E-state index is 10.8. The number of carbonyl (C=O) groups is 1. The maximum atomic E-state index is 10.8. The predicted octanol–water partition coefficient (Wildman–Crippen LogP) is 0.662. The van der Waals surface area contributed by atoms with Gasteiger partial charge in [-0.2, -0.15) is 0 Å². The van der Waals surface area contributed by atoms with Crippen LogP contribution in [0.1, 0.15) is 0 Å². The molecule has 1 rings (SSSR count). The molecule has 1 heterocycles. The van der Waals surface area contributed by atoms with Gasteiger partial charge in [0.15, 0.2) is 0 Å². The first-order valence-electron chi connectivity index (χ1n) is 3.53. The third kappa shape index (κ3) is 2.20. The summed E-state index contributed by atoms with van der Waals surface area (Å²) in [4.78, 5) is 14.6. The highest BCUT2D eigenvalue weighted by molar-refractivity contribution is 6.04. The molecule has 0 radical (unpaired) electrons. The summed E-state index contributed by atoms with van der Waals surface area (Å²) in [5.74, 6) is 1.94. The molecule has 0 atom stereocenters. The van der Waals surface area contributed by atoms with Gasteiger partial charge in [-0.15, -0.1) is 6.42 Å². The van der Waals surface area contributed by atoms with E-state index in [-0.39, 0.29) is 0 Å². The van der Waals surface area contributed by atoms with Gasteiger partial charge in [0, 0.05) is 12.3 Å². The number of ether oxygens (including phenoxy) is 1. The Kier molecular flexibility index (Phi) is 2.87. The Bertz CT molecular complexity index is 355. The number of methoxy groups -OCH3 is 1. The lowest BCUT2D eigenvalue weighted by Crippen LogP contribution is -2.09. The lowest BCUT2D eigenvalue weighted by Gasteiger charge is -2.05. The fourth-order valence-corrected chi connectivity index (χ4v) is 0.812. The maximum Gasteiger partial charge on any atom is 0.300 e. The SMILES string of the molecule is C#CC(=O)Nc1cnccc1OC. The van der Waals surface area contributed by atoms with Crippen LogP contribution in [0.15, 0.2) is 18.5 Å². The van der Waals surface area contributed by atoms with Crippen LogP contribution in [0, 0.1) is 12.3 Å². The Balaban J connectivity index is 2.88. The van der Waals surface area contributed by atoms with Crippen molar-refractivity contribution in [2.24, 2.45) is 0 Å². The quantitative estimate of drug-likeness (QED) is 0.673. The number of hydrogen-bond donors (Lipinski definition) is 1. The number of hydrogen-bond acceptors (Lipinski definition) is 3. The molecule has 1 amide bonds. The average Bonchev–Trinajstić information content (AvgIpc) is 2.18. The molecule has 66 valence electrons. The molecule has 0 aliphatic heterocycles. The number of anilines is 1. The topological polar surface area (TPSA) is 51.2 Å². The zero-order valence-electron chi connectivity index (χ0n) is 7.07. The van der Waals surface area contributed by atoms with Crippen LogP contribution >= 0.6 is 0 Å². The van der Waals surface area contributed by atoms with Crippen molar-refractivity contribution in [2.75, 3.05) is 12.4 Å². The predicted molar refractivity (Wildman–Crippen MR) is 48.3 cm³/mol. The molecular formula is C9H8N2O2. The number of nitrogens with zero attached hydrogens (tertiary/aromatic N) is 1. The largest absolute Gasteiger partial charge is 0.494 e. The molecular weight excluding hydrogens is 168 g/mol. The smallest absolute Gasteiger partial charge is 0.300 e.